The summed E-state index contributed by atoms with van der Waals surface area (Å²) in [6.07, 6.45) is 5.26. The molecule has 0 radical (unpaired) electrons. The SMILES string of the molecule is Cc1ccc(S(=O)(=O)NC[C@@H]2CCCN(C(=O)/C=C/c3cccc4ccccc34)C2)cc1. The van der Waals surface area contributed by atoms with Crippen LogP contribution in [0, 0.1) is 12.8 Å². The summed E-state index contributed by atoms with van der Waals surface area (Å²) in [5.74, 6) is 0.0582. The van der Waals surface area contributed by atoms with E-state index in [1.165, 1.54) is 0 Å². The van der Waals surface area contributed by atoms with Gasteiger partial charge in [-0.25, -0.2) is 13.1 Å². The van der Waals surface area contributed by atoms with Gasteiger partial charge in [-0.2, -0.15) is 0 Å². The first-order chi connectivity index (χ1) is 15.4. The van der Waals surface area contributed by atoms with Crippen LogP contribution in [0.2, 0.25) is 0 Å². The van der Waals surface area contributed by atoms with Crippen LogP contribution in [-0.2, 0) is 14.8 Å². The molecule has 1 heterocycles. The average molecular weight is 449 g/mol. The Balaban J connectivity index is 1.37. The van der Waals surface area contributed by atoms with Crippen molar-refractivity contribution >= 4 is 32.8 Å². The largest absolute Gasteiger partial charge is 0.339 e. The molecule has 1 fully saturated rings. The zero-order chi connectivity index (χ0) is 22.6. The Morgan fingerprint density at radius 2 is 1.81 bits per heavy atom. The summed E-state index contributed by atoms with van der Waals surface area (Å²) >= 11 is 0. The highest BCUT2D eigenvalue weighted by molar-refractivity contribution is 7.89. The Morgan fingerprint density at radius 3 is 2.62 bits per heavy atom. The Labute approximate surface area is 189 Å². The fraction of sp³-hybridized carbons (Fsp3) is 0.269. The Morgan fingerprint density at radius 1 is 1.06 bits per heavy atom. The number of aryl methyl sites for hydroxylation is 1. The molecule has 0 bridgehead atoms. The molecule has 3 aromatic carbocycles. The highest BCUT2D eigenvalue weighted by Gasteiger charge is 2.24. The Bertz CT molecular complexity index is 1230. The van der Waals surface area contributed by atoms with Crippen LogP contribution < -0.4 is 4.72 Å². The summed E-state index contributed by atoms with van der Waals surface area (Å²) in [5.41, 5.74) is 2.03. The van der Waals surface area contributed by atoms with E-state index in [4.69, 9.17) is 0 Å². The highest BCUT2D eigenvalue weighted by atomic mass is 32.2. The molecule has 0 spiro atoms. The Hall–Kier alpha value is -2.96. The number of carbonyl (C=O) groups is 1. The lowest BCUT2D eigenvalue weighted by Gasteiger charge is -2.32. The van der Waals surface area contributed by atoms with E-state index in [-0.39, 0.29) is 16.7 Å². The number of nitrogens with zero attached hydrogens (tertiary/aromatic N) is 1. The van der Waals surface area contributed by atoms with Crippen LogP contribution in [0.4, 0.5) is 0 Å². The van der Waals surface area contributed by atoms with Crippen molar-refractivity contribution in [2.75, 3.05) is 19.6 Å². The summed E-state index contributed by atoms with van der Waals surface area (Å²) in [4.78, 5) is 14.9. The third-order valence-corrected chi connectivity index (χ3v) is 7.39. The predicted molar refractivity (Wildman–Crippen MR) is 129 cm³/mol. The summed E-state index contributed by atoms with van der Waals surface area (Å²) in [7, 11) is -3.55. The number of fused-ring (bicyclic) bond motifs is 1. The van der Waals surface area contributed by atoms with E-state index in [9.17, 15) is 13.2 Å². The normalized spacial score (nSPS) is 17.2. The first-order valence-electron chi connectivity index (χ1n) is 10.9. The van der Waals surface area contributed by atoms with Crippen LogP contribution in [0.5, 0.6) is 0 Å². The number of carbonyl (C=O) groups excluding carboxylic acids is 1. The molecule has 0 unspecified atom stereocenters. The van der Waals surface area contributed by atoms with Crippen molar-refractivity contribution in [3.05, 3.63) is 83.9 Å². The first kappa shape index (κ1) is 22.2. The van der Waals surface area contributed by atoms with Gasteiger partial charge in [0.25, 0.3) is 0 Å². The molecule has 1 aliphatic heterocycles. The Kier molecular flexibility index (Phi) is 6.72. The van der Waals surface area contributed by atoms with Crippen molar-refractivity contribution in [2.24, 2.45) is 5.92 Å². The molecule has 0 aliphatic carbocycles. The lowest BCUT2D eigenvalue weighted by molar-refractivity contribution is -0.127. The molecule has 1 atom stereocenters. The molecular weight excluding hydrogens is 420 g/mol. The van der Waals surface area contributed by atoms with Crippen LogP contribution in [0.1, 0.15) is 24.0 Å². The smallest absolute Gasteiger partial charge is 0.246 e. The zero-order valence-electron chi connectivity index (χ0n) is 18.2. The standard InChI is InChI=1S/C26H28N2O3S/c1-20-11-14-24(15-12-20)32(30,31)27-18-21-6-5-17-28(19-21)26(29)16-13-23-9-4-8-22-7-2-3-10-25(22)23/h2-4,7-16,21,27H,5-6,17-19H2,1H3/b16-13+/t21-/m0/s1. The van der Waals surface area contributed by atoms with Gasteiger partial charge in [-0.05, 0) is 60.2 Å². The maximum atomic E-state index is 12.8. The van der Waals surface area contributed by atoms with Crippen LogP contribution >= 0.6 is 0 Å². The topological polar surface area (TPSA) is 66.5 Å². The van der Waals surface area contributed by atoms with E-state index in [1.54, 1.807) is 30.3 Å². The number of benzene rings is 3. The van der Waals surface area contributed by atoms with Crippen LogP contribution in [0.15, 0.2) is 77.7 Å². The van der Waals surface area contributed by atoms with Gasteiger partial charge in [-0.3, -0.25) is 4.79 Å². The van der Waals surface area contributed by atoms with Gasteiger partial charge in [0.1, 0.15) is 0 Å². The predicted octanol–water partition coefficient (Wildman–Crippen LogP) is 4.38. The maximum Gasteiger partial charge on any atom is 0.246 e. The van der Waals surface area contributed by atoms with Gasteiger partial charge >= 0.3 is 0 Å². The second-order valence-electron chi connectivity index (χ2n) is 8.36. The van der Waals surface area contributed by atoms with E-state index >= 15 is 0 Å². The van der Waals surface area contributed by atoms with Crippen LogP contribution in [-0.4, -0.2) is 38.9 Å². The van der Waals surface area contributed by atoms with Gasteiger partial charge < -0.3 is 4.90 Å². The summed E-state index contributed by atoms with van der Waals surface area (Å²) < 4.78 is 27.8. The fourth-order valence-corrected chi connectivity index (χ4v) is 5.24. The number of rotatable bonds is 6. The van der Waals surface area contributed by atoms with E-state index in [2.05, 4.69) is 22.9 Å². The van der Waals surface area contributed by atoms with Crippen molar-refractivity contribution in [3.8, 4) is 0 Å². The van der Waals surface area contributed by atoms with E-state index in [0.717, 1.165) is 34.7 Å². The van der Waals surface area contributed by atoms with Gasteiger partial charge in [-0.15, -0.1) is 0 Å². The summed E-state index contributed by atoms with van der Waals surface area (Å²) in [6, 6.07) is 21.0. The number of hydrogen-bond donors (Lipinski definition) is 1. The first-order valence-corrected chi connectivity index (χ1v) is 12.4. The molecule has 166 valence electrons. The molecular formula is C26H28N2O3S. The number of likely N-dealkylation sites (tertiary alicyclic amines) is 1. The van der Waals surface area contributed by atoms with E-state index < -0.39 is 10.0 Å². The van der Waals surface area contributed by atoms with Crippen LogP contribution in [0.3, 0.4) is 0 Å². The molecule has 32 heavy (non-hydrogen) atoms. The molecule has 1 saturated heterocycles. The average Bonchev–Trinajstić information content (AvgIpc) is 2.82. The van der Waals surface area contributed by atoms with Gasteiger partial charge in [0.15, 0.2) is 0 Å². The maximum absolute atomic E-state index is 12.8. The van der Waals surface area contributed by atoms with E-state index in [1.807, 2.05) is 42.2 Å². The molecule has 0 aromatic heterocycles. The third-order valence-electron chi connectivity index (χ3n) is 5.95. The number of amides is 1. The zero-order valence-corrected chi connectivity index (χ0v) is 19.0. The monoisotopic (exact) mass is 448 g/mol. The van der Waals surface area contributed by atoms with Gasteiger partial charge in [0, 0.05) is 25.7 Å². The molecule has 3 aromatic rings. The van der Waals surface area contributed by atoms with E-state index in [0.29, 0.717) is 19.6 Å². The number of piperidine rings is 1. The lowest BCUT2D eigenvalue weighted by atomic mass is 9.98. The molecule has 1 N–H and O–H groups in total. The van der Waals surface area contributed by atoms with Crippen molar-refractivity contribution in [1.29, 1.82) is 0 Å². The van der Waals surface area contributed by atoms with Crippen molar-refractivity contribution in [2.45, 2.75) is 24.7 Å². The highest BCUT2D eigenvalue weighted by Crippen LogP contribution is 2.21. The molecule has 1 amide bonds. The van der Waals surface area contributed by atoms with Crippen molar-refractivity contribution < 1.29 is 13.2 Å². The van der Waals surface area contributed by atoms with Gasteiger partial charge in [0.05, 0.1) is 4.90 Å². The minimum Gasteiger partial charge on any atom is -0.339 e. The third kappa shape index (κ3) is 5.26. The van der Waals surface area contributed by atoms with Crippen molar-refractivity contribution in [1.82, 2.24) is 9.62 Å². The summed E-state index contributed by atoms with van der Waals surface area (Å²) in [6.45, 7) is 3.49. The molecule has 5 nitrogen and oxygen atoms in total. The molecule has 4 rings (SSSR count). The molecule has 1 aliphatic rings. The minimum absolute atomic E-state index is 0.0379. The van der Waals surface area contributed by atoms with Crippen molar-refractivity contribution in [3.63, 3.8) is 0 Å². The lowest BCUT2D eigenvalue weighted by Crippen LogP contribution is -2.43. The fourth-order valence-electron chi connectivity index (χ4n) is 4.12. The minimum atomic E-state index is -3.55. The molecule has 6 heteroatoms. The van der Waals surface area contributed by atoms with Gasteiger partial charge in [-0.1, -0.05) is 60.2 Å². The van der Waals surface area contributed by atoms with Crippen LogP contribution in [0.25, 0.3) is 16.8 Å². The second kappa shape index (κ2) is 9.67. The second-order valence-corrected chi connectivity index (χ2v) is 10.1. The molecule has 0 saturated carbocycles. The number of nitrogens with one attached hydrogen (secondary N) is 1. The number of hydrogen-bond acceptors (Lipinski definition) is 3. The number of sulfonamides is 1. The van der Waals surface area contributed by atoms with Gasteiger partial charge in [0.2, 0.25) is 15.9 Å². The summed E-state index contributed by atoms with van der Waals surface area (Å²) in [5, 5.41) is 2.25. The quantitative estimate of drug-likeness (QED) is 0.569.